The van der Waals surface area contributed by atoms with E-state index in [9.17, 15) is 13.8 Å². The summed E-state index contributed by atoms with van der Waals surface area (Å²) in [5.74, 6) is 9.17. The minimum Gasteiger partial charge on any atom is -0.294 e. The van der Waals surface area contributed by atoms with Crippen molar-refractivity contribution >= 4 is 22.6 Å². The Hall–Kier alpha value is -0.990. The standard InChI is InChI=1S/C7H16N4O3S/c1-5(4-7(13)11-9)15(14)3-2-6(12)10-8/h5H,2-4,8-9H2,1H3,(H,10,12)(H,11,13)/t5-,15?/m0/s1. The van der Waals surface area contributed by atoms with Crippen molar-refractivity contribution in [3.05, 3.63) is 0 Å². The average molecular weight is 236 g/mol. The van der Waals surface area contributed by atoms with Crippen LogP contribution in [0.4, 0.5) is 0 Å². The van der Waals surface area contributed by atoms with Crippen molar-refractivity contribution in [3.63, 3.8) is 0 Å². The van der Waals surface area contributed by atoms with Gasteiger partial charge in [0.2, 0.25) is 11.8 Å². The van der Waals surface area contributed by atoms with Crippen molar-refractivity contribution in [1.82, 2.24) is 10.9 Å². The van der Waals surface area contributed by atoms with Gasteiger partial charge in [-0.3, -0.25) is 24.6 Å². The second-order valence-electron chi connectivity index (χ2n) is 2.98. The van der Waals surface area contributed by atoms with Crippen LogP contribution in [0.25, 0.3) is 0 Å². The molecule has 0 bridgehead atoms. The van der Waals surface area contributed by atoms with Crippen molar-refractivity contribution in [3.8, 4) is 0 Å². The number of nitrogens with one attached hydrogen (secondary N) is 2. The van der Waals surface area contributed by atoms with Crippen molar-refractivity contribution in [2.24, 2.45) is 11.7 Å². The number of carbonyl (C=O) groups is 2. The maximum atomic E-state index is 11.5. The van der Waals surface area contributed by atoms with E-state index in [1.165, 1.54) is 0 Å². The first-order valence-electron chi connectivity index (χ1n) is 4.37. The van der Waals surface area contributed by atoms with Crippen LogP contribution in [0.2, 0.25) is 0 Å². The quantitative estimate of drug-likeness (QED) is 0.238. The summed E-state index contributed by atoms with van der Waals surface area (Å²) in [5.41, 5.74) is 3.89. The predicted octanol–water partition coefficient (Wildman–Crippen LogP) is -2.12. The summed E-state index contributed by atoms with van der Waals surface area (Å²) in [6, 6.07) is 0. The fourth-order valence-corrected chi connectivity index (χ4v) is 2.01. The fraction of sp³-hybridized carbons (Fsp3) is 0.714. The normalized spacial score (nSPS) is 14.1. The summed E-state index contributed by atoms with van der Waals surface area (Å²) in [6.45, 7) is 1.66. The molecular formula is C7H16N4O3S. The fourth-order valence-electron chi connectivity index (χ4n) is 0.880. The highest BCUT2D eigenvalue weighted by Crippen LogP contribution is 2.02. The Bertz CT molecular complexity index is 259. The van der Waals surface area contributed by atoms with Crippen LogP contribution in [0.15, 0.2) is 0 Å². The number of nitrogens with two attached hydrogens (primary N) is 2. The van der Waals surface area contributed by atoms with Crippen molar-refractivity contribution in [2.75, 3.05) is 5.75 Å². The Kier molecular flexibility index (Phi) is 6.84. The molecule has 1 unspecified atom stereocenters. The Morgan fingerprint density at radius 2 is 1.80 bits per heavy atom. The third-order valence-electron chi connectivity index (χ3n) is 1.77. The third kappa shape index (κ3) is 6.15. The SMILES string of the molecule is C[C@@H](CC(=O)NN)S(=O)CCC(=O)NN. The molecule has 8 heteroatoms. The number of hydrogen-bond donors (Lipinski definition) is 4. The summed E-state index contributed by atoms with van der Waals surface area (Å²) in [6.07, 6.45) is 0.158. The molecule has 0 aromatic carbocycles. The molecule has 0 heterocycles. The highest BCUT2D eigenvalue weighted by Gasteiger charge is 2.15. The molecule has 0 fully saturated rings. The van der Waals surface area contributed by atoms with Crippen LogP contribution in [0.5, 0.6) is 0 Å². The minimum atomic E-state index is -1.24. The van der Waals surface area contributed by atoms with Gasteiger partial charge < -0.3 is 0 Å². The van der Waals surface area contributed by atoms with Crippen LogP contribution in [0.3, 0.4) is 0 Å². The van der Waals surface area contributed by atoms with Crippen molar-refractivity contribution in [1.29, 1.82) is 0 Å². The van der Waals surface area contributed by atoms with Crippen LogP contribution in [0, 0.1) is 0 Å². The molecule has 0 rings (SSSR count). The second-order valence-corrected chi connectivity index (χ2v) is 4.96. The topological polar surface area (TPSA) is 127 Å². The van der Waals surface area contributed by atoms with Crippen LogP contribution in [-0.4, -0.2) is 27.0 Å². The Morgan fingerprint density at radius 1 is 1.27 bits per heavy atom. The summed E-state index contributed by atoms with van der Waals surface area (Å²) < 4.78 is 11.5. The maximum absolute atomic E-state index is 11.5. The largest absolute Gasteiger partial charge is 0.294 e. The molecule has 0 spiro atoms. The molecule has 7 nitrogen and oxygen atoms in total. The van der Waals surface area contributed by atoms with E-state index in [-0.39, 0.29) is 35.7 Å². The van der Waals surface area contributed by atoms with Gasteiger partial charge in [-0.15, -0.1) is 0 Å². The number of hydrazine groups is 2. The van der Waals surface area contributed by atoms with Gasteiger partial charge in [0.25, 0.3) is 0 Å². The molecule has 0 aromatic rings. The highest BCUT2D eigenvalue weighted by atomic mass is 32.2. The number of carbonyl (C=O) groups excluding carboxylic acids is 2. The molecule has 0 aliphatic rings. The van der Waals surface area contributed by atoms with E-state index in [0.29, 0.717) is 0 Å². The third-order valence-corrected chi connectivity index (χ3v) is 3.44. The number of rotatable bonds is 6. The molecule has 88 valence electrons. The van der Waals surface area contributed by atoms with E-state index in [1.54, 1.807) is 6.92 Å². The first-order chi connectivity index (χ1) is 7.01. The van der Waals surface area contributed by atoms with E-state index >= 15 is 0 Å². The first kappa shape index (κ1) is 14.0. The molecule has 0 radical (unpaired) electrons. The minimum absolute atomic E-state index is 0.0767. The number of hydrogen-bond acceptors (Lipinski definition) is 5. The molecular weight excluding hydrogens is 220 g/mol. The summed E-state index contributed by atoms with van der Waals surface area (Å²) in [7, 11) is -1.24. The molecule has 2 amide bonds. The predicted molar refractivity (Wildman–Crippen MR) is 56.4 cm³/mol. The molecule has 2 atom stereocenters. The maximum Gasteiger partial charge on any atom is 0.235 e. The van der Waals surface area contributed by atoms with Crippen LogP contribution in [0.1, 0.15) is 19.8 Å². The van der Waals surface area contributed by atoms with E-state index in [2.05, 4.69) is 0 Å². The Morgan fingerprint density at radius 3 is 2.27 bits per heavy atom. The lowest BCUT2D eigenvalue weighted by Crippen LogP contribution is -2.34. The van der Waals surface area contributed by atoms with Crippen molar-refractivity contribution < 1.29 is 13.8 Å². The van der Waals surface area contributed by atoms with Crippen LogP contribution in [-0.2, 0) is 20.4 Å². The lowest BCUT2D eigenvalue weighted by molar-refractivity contribution is -0.121. The Labute approximate surface area is 90.3 Å². The molecule has 0 saturated heterocycles. The highest BCUT2D eigenvalue weighted by molar-refractivity contribution is 7.85. The van der Waals surface area contributed by atoms with Gasteiger partial charge in [0.15, 0.2) is 0 Å². The smallest absolute Gasteiger partial charge is 0.235 e. The summed E-state index contributed by atoms with van der Waals surface area (Å²) >= 11 is 0. The van der Waals surface area contributed by atoms with Gasteiger partial charge in [0.1, 0.15) is 0 Å². The van der Waals surface area contributed by atoms with E-state index < -0.39 is 10.8 Å². The van der Waals surface area contributed by atoms with E-state index in [4.69, 9.17) is 11.7 Å². The summed E-state index contributed by atoms with van der Waals surface area (Å²) in [4.78, 5) is 21.6. The molecule has 0 aliphatic carbocycles. The summed E-state index contributed by atoms with van der Waals surface area (Å²) in [5, 5.41) is -0.334. The van der Waals surface area contributed by atoms with Gasteiger partial charge in [-0.25, -0.2) is 11.7 Å². The zero-order chi connectivity index (χ0) is 11.8. The molecule has 0 saturated carbocycles. The Balaban J connectivity index is 3.89. The monoisotopic (exact) mass is 236 g/mol. The van der Waals surface area contributed by atoms with Gasteiger partial charge in [-0.2, -0.15) is 0 Å². The zero-order valence-corrected chi connectivity index (χ0v) is 9.30. The molecule has 15 heavy (non-hydrogen) atoms. The van der Waals surface area contributed by atoms with E-state index in [1.807, 2.05) is 10.9 Å². The van der Waals surface area contributed by atoms with Gasteiger partial charge in [0, 0.05) is 34.6 Å². The van der Waals surface area contributed by atoms with Crippen LogP contribution < -0.4 is 22.5 Å². The van der Waals surface area contributed by atoms with E-state index in [0.717, 1.165) is 0 Å². The van der Waals surface area contributed by atoms with Gasteiger partial charge >= 0.3 is 0 Å². The van der Waals surface area contributed by atoms with Gasteiger partial charge in [0.05, 0.1) is 0 Å². The molecule has 6 N–H and O–H groups in total. The zero-order valence-electron chi connectivity index (χ0n) is 8.49. The van der Waals surface area contributed by atoms with Crippen molar-refractivity contribution in [2.45, 2.75) is 25.0 Å². The average Bonchev–Trinajstić information content (AvgIpc) is 2.24. The lowest BCUT2D eigenvalue weighted by atomic mass is 10.3. The van der Waals surface area contributed by atoms with Crippen LogP contribution >= 0.6 is 0 Å². The number of amides is 2. The molecule has 0 aliphatic heterocycles. The lowest BCUT2D eigenvalue weighted by Gasteiger charge is -2.09. The first-order valence-corrected chi connectivity index (χ1v) is 5.75. The van der Waals surface area contributed by atoms with Gasteiger partial charge in [-0.05, 0) is 0 Å². The second kappa shape index (κ2) is 7.32. The molecule has 0 aromatic heterocycles. The van der Waals surface area contributed by atoms with Gasteiger partial charge in [-0.1, -0.05) is 6.92 Å².